The van der Waals surface area contributed by atoms with Crippen molar-refractivity contribution in [2.24, 2.45) is 0 Å². The molecule has 2 aliphatic rings. The van der Waals surface area contributed by atoms with E-state index in [1.54, 1.807) is 12.3 Å². The number of anilines is 2. The Morgan fingerprint density at radius 1 is 1.25 bits per heavy atom. The van der Waals surface area contributed by atoms with Crippen LogP contribution < -0.4 is 15.5 Å². The summed E-state index contributed by atoms with van der Waals surface area (Å²) >= 11 is 0. The molecule has 0 radical (unpaired) electrons. The number of hydrogen-bond donors (Lipinski definition) is 3. The summed E-state index contributed by atoms with van der Waals surface area (Å²) in [6.45, 7) is 2.60. The first-order valence-electron chi connectivity index (χ1n) is 10.2. The Balaban J connectivity index is 1.60. The molecule has 4 rings (SSSR count). The van der Waals surface area contributed by atoms with Gasteiger partial charge in [0, 0.05) is 6.20 Å². The number of amides is 3. The van der Waals surface area contributed by atoms with E-state index in [0.29, 0.717) is 11.6 Å². The average molecular weight is 448 g/mol. The molecule has 1 aromatic heterocycles. The summed E-state index contributed by atoms with van der Waals surface area (Å²) in [6, 6.07) is 4.29. The molecule has 32 heavy (non-hydrogen) atoms. The summed E-state index contributed by atoms with van der Waals surface area (Å²) in [5, 5.41) is 16.0. The summed E-state index contributed by atoms with van der Waals surface area (Å²) in [7, 11) is 0. The minimum atomic E-state index is -4.50. The van der Waals surface area contributed by atoms with E-state index < -0.39 is 35.3 Å². The van der Waals surface area contributed by atoms with Crippen LogP contribution in [0.2, 0.25) is 0 Å². The van der Waals surface area contributed by atoms with E-state index >= 15 is 0 Å². The van der Waals surface area contributed by atoms with Crippen LogP contribution in [0.25, 0.3) is 0 Å². The standard InChI is InChI=1S/C22H23F3N4O3/c1-21(2,32)18(13-5-7-15(8-6-13)22(23,24)25)28-20(31)29-11-17(30)27-16-9-14(12-3-4-12)10-26-19(16)29/h5-10,12,18,32H,3-4,11H2,1-2H3,(H,27,30)(H,28,31). The number of hydrogen-bond acceptors (Lipinski definition) is 4. The molecule has 0 saturated heterocycles. The summed E-state index contributed by atoms with van der Waals surface area (Å²) in [5.41, 5.74) is -0.628. The zero-order chi connectivity index (χ0) is 23.3. The number of aliphatic hydroxyl groups is 1. The minimum absolute atomic E-state index is 0.272. The smallest absolute Gasteiger partial charge is 0.388 e. The van der Waals surface area contributed by atoms with Gasteiger partial charge >= 0.3 is 12.2 Å². The highest BCUT2D eigenvalue weighted by molar-refractivity contribution is 6.08. The van der Waals surface area contributed by atoms with Gasteiger partial charge in [0.15, 0.2) is 5.82 Å². The molecule has 170 valence electrons. The molecule has 2 heterocycles. The Bertz CT molecular complexity index is 1040. The third kappa shape index (κ3) is 4.55. The fraction of sp³-hybridized carbons (Fsp3) is 0.409. The fourth-order valence-corrected chi connectivity index (χ4v) is 3.73. The third-order valence-corrected chi connectivity index (χ3v) is 5.56. The van der Waals surface area contributed by atoms with Gasteiger partial charge in [-0.15, -0.1) is 0 Å². The van der Waals surface area contributed by atoms with Gasteiger partial charge in [0.2, 0.25) is 5.91 Å². The lowest BCUT2D eigenvalue weighted by atomic mass is 9.91. The van der Waals surface area contributed by atoms with Gasteiger partial charge < -0.3 is 15.7 Å². The van der Waals surface area contributed by atoms with E-state index in [2.05, 4.69) is 15.6 Å². The van der Waals surface area contributed by atoms with E-state index in [0.717, 1.165) is 35.4 Å². The highest BCUT2D eigenvalue weighted by Gasteiger charge is 2.36. The molecular weight excluding hydrogens is 425 g/mol. The first kappa shape index (κ1) is 22.1. The van der Waals surface area contributed by atoms with Gasteiger partial charge in [-0.1, -0.05) is 12.1 Å². The first-order valence-corrected chi connectivity index (χ1v) is 10.2. The van der Waals surface area contributed by atoms with Crippen LogP contribution in [0.15, 0.2) is 36.5 Å². The second-order valence-corrected chi connectivity index (χ2v) is 8.70. The van der Waals surface area contributed by atoms with Crippen molar-refractivity contribution in [1.29, 1.82) is 0 Å². The molecule has 7 nitrogen and oxygen atoms in total. The third-order valence-electron chi connectivity index (χ3n) is 5.56. The lowest BCUT2D eigenvalue weighted by Gasteiger charge is -2.34. The van der Waals surface area contributed by atoms with E-state index in [9.17, 15) is 27.9 Å². The second-order valence-electron chi connectivity index (χ2n) is 8.70. The molecule has 1 atom stereocenters. The van der Waals surface area contributed by atoms with Crippen molar-refractivity contribution in [1.82, 2.24) is 10.3 Å². The predicted octanol–water partition coefficient (Wildman–Crippen LogP) is 3.96. The maximum absolute atomic E-state index is 13.1. The van der Waals surface area contributed by atoms with Crippen molar-refractivity contribution in [3.63, 3.8) is 0 Å². The van der Waals surface area contributed by atoms with Crippen LogP contribution >= 0.6 is 0 Å². The number of benzene rings is 1. The number of halogens is 3. The van der Waals surface area contributed by atoms with Crippen molar-refractivity contribution in [2.45, 2.75) is 50.4 Å². The van der Waals surface area contributed by atoms with Gasteiger partial charge in [-0.2, -0.15) is 13.2 Å². The molecule has 10 heteroatoms. The molecule has 3 N–H and O–H groups in total. The number of nitrogens with zero attached hydrogens (tertiary/aromatic N) is 2. The molecule has 1 saturated carbocycles. The SMILES string of the molecule is CC(C)(O)C(NC(=O)N1CC(=O)Nc2cc(C3CC3)cnc21)c1ccc(C(F)(F)F)cc1. The maximum Gasteiger partial charge on any atom is 0.416 e. The number of fused-ring (bicyclic) bond motifs is 1. The highest BCUT2D eigenvalue weighted by atomic mass is 19.4. The van der Waals surface area contributed by atoms with Crippen LogP contribution in [0, 0.1) is 0 Å². The number of carbonyl (C=O) groups excluding carboxylic acids is 2. The van der Waals surface area contributed by atoms with Crippen molar-refractivity contribution < 1.29 is 27.9 Å². The molecule has 0 bridgehead atoms. The molecule has 1 aliphatic heterocycles. The number of pyridine rings is 1. The van der Waals surface area contributed by atoms with Crippen LogP contribution in [0.1, 0.15) is 55.3 Å². The van der Waals surface area contributed by atoms with Crippen molar-refractivity contribution in [2.75, 3.05) is 16.8 Å². The minimum Gasteiger partial charge on any atom is -0.388 e. The van der Waals surface area contributed by atoms with Crippen LogP contribution in [-0.2, 0) is 11.0 Å². The van der Waals surface area contributed by atoms with Gasteiger partial charge in [-0.3, -0.25) is 9.69 Å². The molecular formula is C22H23F3N4O3. The summed E-state index contributed by atoms with van der Waals surface area (Å²) < 4.78 is 38.7. The number of urea groups is 1. The van der Waals surface area contributed by atoms with Crippen molar-refractivity contribution in [3.05, 3.63) is 53.2 Å². The Morgan fingerprint density at radius 2 is 1.91 bits per heavy atom. The molecule has 1 fully saturated rings. The van der Waals surface area contributed by atoms with Gasteiger partial charge in [-0.25, -0.2) is 9.78 Å². The quantitative estimate of drug-likeness (QED) is 0.660. The van der Waals surface area contributed by atoms with Gasteiger partial charge in [0.25, 0.3) is 0 Å². The summed E-state index contributed by atoms with van der Waals surface area (Å²) in [5.74, 6) is 0.290. The molecule has 3 amide bonds. The van der Waals surface area contributed by atoms with Crippen molar-refractivity contribution >= 4 is 23.4 Å². The molecule has 1 aliphatic carbocycles. The highest BCUT2D eigenvalue weighted by Crippen LogP contribution is 2.42. The number of aromatic nitrogens is 1. The Morgan fingerprint density at radius 3 is 2.47 bits per heavy atom. The molecule has 0 spiro atoms. The number of rotatable bonds is 4. The fourth-order valence-electron chi connectivity index (χ4n) is 3.73. The van der Waals surface area contributed by atoms with Gasteiger partial charge in [0.1, 0.15) is 6.54 Å². The first-order chi connectivity index (χ1) is 14.9. The largest absolute Gasteiger partial charge is 0.416 e. The topological polar surface area (TPSA) is 94.6 Å². The van der Waals surface area contributed by atoms with Crippen LogP contribution in [0.5, 0.6) is 0 Å². The molecule has 1 aromatic carbocycles. The Labute approximate surface area is 182 Å². The van der Waals surface area contributed by atoms with E-state index in [1.807, 2.05) is 0 Å². The second kappa shape index (κ2) is 7.77. The van der Waals surface area contributed by atoms with Crippen LogP contribution in [0.3, 0.4) is 0 Å². The van der Waals surface area contributed by atoms with Gasteiger partial charge in [0.05, 0.1) is 22.9 Å². The zero-order valence-electron chi connectivity index (χ0n) is 17.5. The van der Waals surface area contributed by atoms with E-state index in [4.69, 9.17) is 0 Å². The Kier molecular flexibility index (Phi) is 5.36. The van der Waals surface area contributed by atoms with E-state index in [-0.39, 0.29) is 17.9 Å². The predicted molar refractivity (Wildman–Crippen MR) is 111 cm³/mol. The maximum atomic E-state index is 13.1. The van der Waals surface area contributed by atoms with Crippen LogP contribution in [0.4, 0.5) is 29.5 Å². The lowest BCUT2D eigenvalue weighted by Crippen LogP contribution is -2.51. The molecule has 2 aromatic rings. The van der Waals surface area contributed by atoms with Crippen molar-refractivity contribution in [3.8, 4) is 0 Å². The normalized spacial score (nSPS) is 17.4. The average Bonchev–Trinajstić information content (AvgIpc) is 3.54. The number of carbonyl (C=O) groups is 2. The summed E-state index contributed by atoms with van der Waals surface area (Å²) in [6.07, 6.45) is -0.711. The summed E-state index contributed by atoms with van der Waals surface area (Å²) in [4.78, 5) is 30.8. The van der Waals surface area contributed by atoms with Crippen LogP contribution in [-0.4, -0.2) is 34.2 Å². The van der Waals surface area contributed by atoms with E-state index in [1.165, 1.54) is 26.0 Å². The zero-order valence-corrected chi connectivity index (χ0v) is 17.5. The molecule has 1 unspecified atom stereocenters. The number of alkyl halides is 3. The Hall–Kier alpha value is -3.14. The number of nitrogens with one attached hydrogen (secondary N) is 2. The lowest BCUT2D eigenvalue weighted by molar-refractivity contribution is -0.137. The van der Waals surface area contributed by atoms with Gasteiger partial charge in [-0.05, 0) is 61.9 Å². The monoisotopic (exact) mass is 448 g/mol.